The van der Waals surface area contributed by atoms with E-state index in [-0.39, 0.29) is 12.8 Å². The molecule has 0 aromatic heterocycles. The van der Waals surface area contributed by atoms with Crippen LogP contribution in [0.2, 0.25) is 0 Å². The predicted octanol–water partition coefficient (Wildman–Crippen LogP) is -1.38. The van der Waals surface area contributed by atoms with E-state index in [2.05, 4.69) is 4.72 Å². The van der Waals surface area contributed by atoms with Crippen LogP contribution < -0.4 is 10.0 Å². The number of hydrogen-bond donors (Lipinski definition) is 2. The first kappa shape index (κ1) is 12.6. The topological polar surface area (TPSA) is 116 Å². The van der Waals surface area contributed by atoms with Gasteiger partial charge in [-0.3, -0.25) is 14.9 Å². The molecule has 2 N–H and O–H groups in total. The van der Waals surface area contributed by atoms with Crippen molar-refractivity contribution in [1.29, 1.82) is 5.26 Å². The molecule has 2 amide bonds. The maximum absolute atomic E-state index is 11.5. The minimum atomic E-state index is -3.84. The summed E-state index contributed by atoms with van der Waals surface area (Å²) in [6.45, 7) is 1.22. The zero-order valence-corrected chi connectivity index (χ0v) is 9.37. The summed E-state index contributed by atoms with van der Waals surface area (Å²) in [6.07, 6.45) is 0.196. The van der Waals surface area contributed by atoms with Crippen molar-refractivity contribution < 1.29 is 18.0 Å². The number of carbonyl (C=O) groups excluding carboxylic acids is 2. The summed E-state index contributed by atoms with van der Waals surface area (Å²) in [5.41, 5.74) is 0. The quantitative estimate of drug-likeness (QED) is 0.594. The molecule has 8 heteroatoms. The molecule has 1 fully saturated rings. The molecule has 0 radical (unpaired) electrons. The highest BCUT2D eigenvalue weighted by Gasteiger charge is 2.32. The Morgan fingerprint density at radius 1 is 1.56 bits per heavy atom. The summed E-state index contributed by atoms with van der Waals surface area (Å²) in [5, 5.41) is 9.27. The molecule has 16 heavy (non-hydrogen) atoms. The summed E-state index contributed by atoms with van der Waals surface area (Å²) in [6, 6.07) is 0.596. The summed E-state index contributed by atoms with van der Waals surface area (Å²) in [4.78, 5) is 22.1. The number of imide groups is 1. The number of sulfonamides is 1. The molecule has 1 aliphatic rings. The normalized spacial score (nSPS) is 23.4. The van der Waals surface area contributed by atoms with Gasteiger partial charge in [-0.25, -0.2) is 13.1 Å². The maximum Gasteiger partial charge on any atom is 0.244 e. The Morgan fingerprint density at radius 2 is 2.19 bits per heavy atom. The lowest BCUT2D eigenvalue weighted by Gasteiger charge is -2.22. The molecule has 0 aliphatic carbocycles. The lowest BCUT2D eigenvalue weighted by molar-refractivity contribution is -0.134. The van der Waals surface area contributed by atoms with Crippen LogP contribution in [-0.2, 0) is 19.6 Å². The van der Waals surface area contributed by atoms with Gasteiger partial charge >= 0.3 is 0 Å². The van der Waals surface area contributed by atoms with Gasteiger partial charge < -0.3 is 0 Å². The highest BCUT2D eigenvalue weighted by Crippen LogP contribution is 2.07. The van der Waals surface area contributed by atoms with E-state index in [1.807, 2.05) is 5.32 Å². The van der Waals surface area contributed by atoms with Crippen molar-refractivity contribution in [2.24, 2.45) is 0 Å². The molecule has 1 saturated heterocycles. The van der Waals surface area contributed by atoms with Crippen molar-refractivity contribution in [3.63, 3.8) is 0 Å². The van der Waals surface area contributed by atoms with Gasteiger partial charge in [0.25, 0.3) is 0 Å². The highest BCUT2D eigenvalue weighted by atomic mass is 32.2. The molecule has 0 saturated carbocycles. The number of hydrogen-bond acceptors (Lipinski definition) is 5. The predicted molar refractivity (Wildman–Crippen MR) is 53.3 cm³/mol. The van der Waals surface area contributed by atoms with Crippen molar-refractivity contribution in [2.45, 2.75) is 31.1 Å². The average molecular weight is 245 g/mol. The fourth-order valence-corrected chi connectivity index (χ4v) is 2.14. The lowest BCUT2D eigenvalue weighted by Crippen LogP contribution is -2.53. The van der Waals surface area contributed by atoms with Gasteiger partial charge in [-0.05, 0) is 13.3 Å². The molecule has 0 bridgehead atoms. The second-order valence-electron chi connectivity index (χ2n) is 3.44. The molecule has 1 heterocycles. The molecular formula is C8H11N3O4S. The zero-order valence-electron chi connectivity index (χ0n) is 8.56. The van der Waals surface area contributed by atoms with Crippen LogP contribution in [0, 0.1) is 11.3 Å². The number of amides is 2. The number of rotatable bonds is 3. The molecule has 2 atom stereocenters. The minimum Gasteiger partial charge on any atom is -0.295 e. The summed E-state index contributed by atoms with van der Waals surface area (Å²) < 4.78 is 25.0. The molecule has 0 spiro atoms. The van der Waals surface area contributed by atoms with Gasteiger partial charge in [-0.2, -0.15) is 5.26 Å². The third-order valence-corrected chi connectivity index (χ3v) is 3.84. The Hall–Kier alpha value is -1.46. The summed E-state index contributed by atoms with van der Waals surface area (Å²) >= 11 is 0. The van der Waals surface area contributed by atoms with Crippen LogP contribution in [0.5, 0.6) is 0 Å². The van der Waals surface area contributed by atoms with Crippen LogP contribution in [0.25, 0.3) is 0 Å². The minimum absolute atomic E-state index is 0.0832. The van der Waals surface area contributed by atoms with Gasteiger partial charge in [-0.15, -0.1) is 0 Å². The standard InChI is InChI=1S/C8H11N3O4S/c1-5(4-9)16(14,15)11-6-2-3-7(12)10-8(6)13/h5-6,11H,2-3H2,1H3,(H,10,12,13). The van der Waals surface area contributed by atoms with Crippen molar-refractivity contribution in [3.05, 3.63) is 0 Å². The van der Waals surface area contributed by atoms with Crippen LogP contribution in [-0.4, -0.2) is 31.5 Å². The van der Waals surface area contributed by atoms with Crippen LogP contribution in [0.4, 0.5) is 0 Å². The first-order valence-electron chi connectivity index (χ1n) is 4.61. The number of piperidine rings is 1. The molecular weight excluding hydrogens is 234 g/mol. The number of carbonyl (C=O) groups is 2. The van der Waals surface area contributed by atoms with Crippen molar-refractivity contribution >= 4 is 21.8 Å². The van der Waals surface area contributed by atoms with Gasteiger partial charge in [0.15, 0.2) is 5.25 Å². The first-order valence-corrected chi connectivity index (χ1v) is 6.16. The highest BCUT2D eigenvalue weighted by molar-refractivity contribution is 7.90. The molecule has 7 nitrogen and oxygen atoms in total. The second-order valence-corrected chi connectivity index (χ2v) is 5.47. The van der Waals surface area contributed by atoms with Crippen LogP contribution in [0.15, 0.2) is 0 Å². The van der Waals surface area contributed by atoms with E-state index in [0.29, 0.717) is 0 Å². The van der Waals surface area contributed by atoms with Crippen molar-refractivity contribution in [3.8, 4) is 6.07 Å². The second kappa shape index (κ2) is 4.59. The Bertz CT molecular complexity index is 450. The van der Waals surface area contributed by atoms with Crippen molar-refractivity contribution in [2.75, 3.05) is 0 Å². The fraction of sp³-hybridized carbons (Fsp3) is 0.625. The molecule has 1 aliphatic heterocycles. The number of nitrogens with one attached hydrogen (secondary N) is 2. The fourth-order valence-electron chi connectivity index (χ4n) is 1.18. The van der Waals surface area contributed by atoms with Gasteiger partial charge in [0, 0.05) is 6.42 Å². The Labute approximate surface area is 92.9 Å². The molecule has 1 rings (SSSR count). The molecule has 88 valence electrons. The Kier molecular flexibility index (Phi) is 3.62. The third-order valence-electron chi connectivity index (χ3n) is 2.19. The van der Waals surface area contributed by atoms with E-state index in [1.54, 1.807) is 6.07 Å². The van der Waals surface area contributed by atoms with Crippen LogP contribution in [0.3, 0.4) is 0 Å². The Morgan fingerprint density at radius 3 is 2.69 bits per heavy atom. The smallest absolute Gasteiger partial charge is 0.244 e. The average Bonchev–Trinajstić information content (AvgIpc) is 2.21. The van der Waals surface area contributed by atoms with Crippen LogP contribution in [0.1, 0.15) is 19.8 Å². The third kappa shape index (κ3) is 2.77. The summed E-state index contributed by atoms with van der Waals surface area (Å²) in [7, 11) is -3.84. The van der Waals surface area contributed by atoms with Crippen molar-refractivity contribution in [1.82, 2.24) is 10.0 Å². The zero-order chi connectivity index (χ0) is 12.3. The van der Waals surface area contributed by atoms with Gasteiger partial charge in [-0.1, -0.05) is 0 Å². The first-order chi connectivity index (χ1) is 7.36. The maximum atomic E-state index is 11.5. The monoisotopic (exact) mass is 245 g/mol. The van der Waals surface area contributed by atoms with E-state index >= 15 is 0 Å². The SMILES string of the molecule is CC(C#N)S(=O)(=O)NC1CCC(=O)NC1=O. The van der Waals surface area contributed by atoms with Gasteiger partial charge in [0.2, 0.25) is 21.8 Å². The van der Waals surface area contributed by atoms with E-state index in [4.69, 9.17) is 5.26 Å². The van der Waals surface area contributed by atoms with Gasteiger partial charge in [0.1, 0.15) is 6.04 Å². The van der Waals surface area contributed by atoms with E-state index < -0.39 is 33.1 Å². The van der Waals surface area contributed by atoms with E-state index in [1.165, 1.54) is 6.92 Å². The Balaban J connectivity index is 2.72. The molecule has 2 unspecified atom stereocenters. The van der Waals surface area contributed by atoms with Crippen LogP contribution >= 0.6 is 0 Å². The lowest BCUT2D eigenvalue weighted by atomic mass is 10.1. The molecule has 0 aromatic carbocycles. The van der Waals surface area contributed by atoms with E-state index in [9.17, 15) is 18.0 Å². The number of nitrogens with zero attached hydrogens (tertiary/aromatic N) is 1. The largest absolute Gasteiger partial charge is 0.295 e. The molecule has 0 aromatic rings. The van der Waals surface area contributed by atoms with E-state index in [0.717, 1.165) is 0 Å². The summed E-state index contributed by atoms with van der Waals surface area (Å²) in [5.74, 6) is -1.10. The van der Waals surface area contributed by atoms with Gasteiger partial charge in [0.05, 0.1) is 6.07 Å². The number of nitriles is 1.